The van der Waals surface area contributed by atoms with Crippen LogP contribution in [0, 0.1) is 5.92 Å². The Hall–Kier alpha value is -0.610. The largest absolute Gasteiger partial charge is 0.481 e. The van der Waals surface area contributed by atoms with Crippen molar-refractivity contribution in [3.63, 3.8) is 0 Å². The minimum atomic E-state index is -0.722. The summed E-state index contributed by atoms with van der Waals surface area (Å²) in [6.45, 7) is 1.31. The zero-order chi connectivity index (χ0) is 9.31. The summed E-state index contributed by atoms with van der Waals surface area (Å²) in [5.74, 6) is -0.907. The molecule has 1 saturated carbocycles. The molecule has 2 aliphatic rings. The molecule has 2 rings (SSSR count). The molecule has 0 radical (unpaired) electrons. The smallest absolute Gasteiger partial charge is 0.303 e. The van der Waals surface area contributed by atoms with Gasteiger partial charge >= 0.3 is 5.97 Å². The van der Waals surface area contributed by atoms with Crippen LogP contribution in [0.5, 0.6) is 0 Å². The average molecular weight is 186 g/mol. The molecule has 0 amide bonds. The van der Waals surface area contributed by atoms with E-state index in [9.17, 15) is 4.79 Å². The Morgan fingerprint density at radius 2 is 2.15 bits per heavy atom. The van der Waals surface area contributed by atoms with Crippen molar-refractivity contribution in [3.05, 3.63) is 0 Å². The fourth-order valence-corrected chi connectivity index (χ4v) is 2.25. The first kappa shape index (κ1) is 8.97. The van der Waals surface area contributed by atoms with Gasteiger partial charge in [0.1, 0.15) is 0 Å². The second-order valence-corrected chi connectivity index (χ2v) is 3.81. The molecule has 0 aromatic carbocycles. The highest BCUT2D eigenvalue weighted by Crippen LogP contribution is 2.41. The van der Waals surface area contributed by atoms with Gasteiger partial charge in [0.25, 0.3) is 0 Å². The first-order valence-electron chi connectivity index (χ1n) is 4.70. The average Bonchev–Trinajstić information content (AvgIpc) is 2.63. The standard InChI is InChI=1S/C9H14O4/c10-8(11)5-7-1-2-9(6-7)12-3-4-13-9/h7H,1-6H2,(H,10,11)/t7-/m1/s1. The third kappa shape index (κ3) is 1.84. The molecule has 0 aromatic rings. The summed E-state index contributed by atoms with van der Waals surface area (Å²) in [7, 11) is 0. The number of hydrogen-bond acceptors (Lipinski definition) is 3. The van der Waals surface area contributed by atoms with E-state index in [0.717, 1.165) is 19.3 Å². The van der Waals surface area contributed by atoms with E-state index in [2.05, 4.69) is 0 Å². The van der Waals surface area contributed by atoms with Crippen LogP contribution in [-0.4, -0.2) is 30.1 Å². The van der Waals surface area contributed by atoms with Crippen molar-refractivity contribution in [2.24, 2.45) is 5.92 Å². The molecule has 74 valence electrons. The summed E-state index contributed by atoms with van der Waals surface area (Å²) in [5.41, 5.74) is 0. The monoisotopic (exact) mass is 186 g/mol. The lowest BCUT2D eigenvalue weighted by Crippen LogP contribution is -2.26. The van der Waals surface area contributed by atoms with Gasteiger partial charge in [-0.05, 0) is 12.3 Å². The second kappa shape index (κ2) is 3.27. The molecule has 4 heteroatoms. The minimum absolute atomic E-state index is 0.232. The molecule has 13 heavy (non-hydrogen) atoms. The molecule has 0 unspecified atom stereocenters. The molecule has 0 bridgehead atoms. The van der Waals surface area contributed by atoms with Crippen molar-refractivity contribution < 1.29 is 19.4 Å². The summed E-state index contributed by atoms with van der Waals surface area (Å²) in [4.78, 5) is 10.5. The molecule has 1 atom stereocenters. The summed E-state index contributed by atoms with van der Waals surface area (Å²) >= 11 is 0. The zero-order valence-electron chi connectivity index (χ0n) is 7.49. The fraction of sp³-hybridized carbons (Fsp3) is 0.889. The molecule has 1 aliphatic heterocycles. The molecular formula is C9H14O4. The van der Waals surface area contributed by atoms with Crippen molar-refractivity contribution >= 4 is 5.97 Å². The number of carboxylic acid groups (broad SMARTS) is 1. The van der Waals surface area contributed by atoms with Crippen LogP contribution in [0.25, 0.3) is 0 Å². The molecule has 4 nitrogen and oxygen atoms in total. The number of carbonyl (C=O) groups is 1. The van der Waals surface area contributed by atoms with Crippen LogP contribution in [0.1, 0.15) is 25.7 Å². The molecule has 1 saturated heterocycles. The van der Waals surface area contributed by atoms with Crippen molar-refractivity contribution in [1.82, 2.24) is 0 Å². The van der Waals surface area contributed by atoms with Crippen LogP contribution in [0.3, 0.4) is 0 Å². The maximum atomic E-state index is 10.5. The highest BCUT2D eigenvalue weighted by Gasteiger charge is 2.44. The van der Waals surface area contributed by atoms with E-state index in [1.165, 1.54) is 0 Å². The van der Waals surface area contributed by atoms with E-state index in [4.69, 9.17) is 14.6 Å². The Labute approximate surface area is 76.8 Å². The molecule has 1 aliphatic carbocycles. The van der Waals surface area contributed by atoms with Crippen molar-refractivity contribution in [1.29, 1.82) is 0 Å². The predicted molar refractivity (Wildman–Crippen MR) is 44.2 cm³/mol. The van der Waals surface area contributed by atoms with Crippen LogP contribution in [0.15, 0.2) is 0 Å². The summed E-state index contributed by atoms with van der Waals surface area (Å²) < 4.78 is 11.0. The van der Waals surface area contributed by atoms with Gasteiger partial charge < -0.3 is 14.6 Å². The highest BCUT2D eigenvalue weighted by atomic mass is 16.7. The highest BCUT2D eigenvalue weighted by molar-refractivity contribution is 5.67. The fourth-order valence-electron chi connectivity index (χ4n) is 2.25. The summed E-state index contributed by atoms with van der Waals surface area (Å²) in [6.07, 6.45) is 2.75. The van der Waals surface area contributed by atoms with Gasteiger partial charge in [-0.1, -0.05) is 0 Å². The Balaban J connectivity index is 1.89. The Kier molecular flexibility index (Phi) is 2.26. The number of rotatable bonds is 2. The molecule has 2 fully saturated rings. The lowest BCUT2D eigenvalue weighted by Gasteiger charge is -2.21. The van der Waals surface area contributed by atoms with Crippen LogP contribution in [0.2, 0.25) is 0 Å². The van der Waals surface area contributed by atoms with Gasteiger partial charge in [0, 0.05) is 19.3 Å². The van der Waals surface area contributed by atoms with Gasteiger partial charge in [-0.2, -0.15) is 0 Å². The Morgan fingerprint density at radius 1 is 1.46 bits per heavy atom. The molecule has 0 aromatic heterocycles. The lowest BCUT2D eigenvalue weighted by molar-refractivity contribution is -0.153. The molecular weight excluding hydrogens is 172 g/mol. The van der Waals surface area contributed by atoms with E-state index in [0.29, 0.717) is 13.2 Å². The van der Waals surface area contributed by atoms with Crippen LogP contribution in [-0.2, 0) is 14.3 Å². The summed E-state index contributed by atoms with van der Waals surface area (Å²) in [6, 6.07) is 0. The molecule has 1 N–H and O–H groups in total. The van der Waals surface area contributed by atoms with Gasteiger partial charge in [-0.15, -0.1) is 0 Å². The normalized spacial score (nSPS) is 31.2. The van der Waals surface area contributed by atoms with Gasteiger partial charge in [0.2, 0.25) is 0 Å². The van der Waals surface area contributed by atoms with E-state index in [1.807, 2.05) is 0 Å². The van der Waals surface area contributed by atoms with Gasteiger partial charge in [-0.25, -0.2) is 0 Å². The number of aliphatic carboxylic acids is 1. The van der Waals surface area contributed by atoms with Crippen molar-refractivity contribution in [2.45, 2.75) is 31.5 Å². The maximum Gasteiger partial charge on any atom is 0.303 e. The number of hydrogen-bond donors (Lipinski definition) is 1. The first-order valence-corrected chi connectivity index (χ1v) is 4.70. The zero-order valence-corrected chi connectivity index (χ0v) is 7.49. The maximum absolute atomic E-state index is 10.5. The van der Waals surface area contributed by atoms with Crippen molar-refractivity contribution in [2.75, 3.05) is 13.2 Å². The van der Waals surface area contributed by atoms with Gasteiger partial charge in [0.05, 0.1) is 13.2 Å². The second-order valence-electron chi connectivity index (χ2n) is 3.81. The summed E-state index contributed by atoms with van der Waals surface area (Å²) in [5, 5.41) is 8.62. The van der Waals surface area contributed by atoms with E-state index < -0.39 is 11.8 Å². The molecule has 1 heterocycles. The van der Waals surface area contributed by atoms with E-state index in [1.54, 1.807) is 0 Å². The van der Waals surface area contributed by atoms with E-state index in [-0.39, 0.29) is 12.3 Å². The SMILES string of the molecule is O=C(O)C[C@H]1CCC2(C1)OCCO2. The van der Waals surface area contributed by atoms with Crippen molar-refractivity contribution in [3.8, 4) is 0 Å². The Bertz CT molecular complexity index is 208. The van der Waals surface area contributed by atoms with E-state index >= 15 is 0 Å². The number of carboxylic acids is 1. The quantitative estimate of drug-likeness (QED) is 0.699. The molecule has 1 spiro atoms. The van der Waals surface area contributed by atoms with Gasteiger partial charge in [-0.3, -0.25) is 4.79 Å². The third-order valence-electron chi connectivity index (χ3n) is 2.81. The Morgan fingerprint density at radius 3 is 2.77 bits per heavy atom. The first-order chi connectivity index (χ1) is 6.20. The van der Waals surface area contributed by atoms with Gasteiger partial charge in [0.15, 0.2) is 5.79 Å². The van der Waals surface area contributed by atoms with Crippen LogP contribution in [0.4, 0.5) is 0 Å². The topological polar surface area (TPSA) is 55.8 Å². The minimum Gasteiger partial charge on any atom is -0.481 e. The van der Waals surface area contributed by atoms with Crippen LogP contribution < -0.4 is 0 Å². The third-order valence-corrected chi connectivity index (χ3v) is 2.81. The predicted octanol–water partition coefficient (Wildman–Crippen LogP) is 1.00. The number of ether oxygens (including phenoxy) is 2. The van der Waals surface area contributed by atoms with Crippen LogP contribution >= 0.6 is 0 Å². The lowest BCUT2D eigenvalue weighted by atomic mass is 10.0.